The minimum atomic E-state index is 0.210. The maximum absolute atomic E-state index is 11.8. The second kappa shape index (κ2) is 6.50. The van der Waals surface area contributed by atoms with Crippen LogP contribution in [0.4, 0.5) is 0 Å². The second-order valence-corrected chi connectivity index (χ2v) is 4.65. The number of amides is 1. The van der Waals surface area contributed by atoms with E-state index in [1.807, 2.05) is 11.0 Å². The van der Waals surface area contributed by atoms with Gasteiger partial charge >= 0.3 is 0 Å². The van der Waals surface area contributed by atoms with Gasteiger partial charge in [0.15, 0.2) is 0 Å². The molecule has 1 aromatic rings. The van der Waals surface area contributed by atoms with Crippen molar-refractivity contribution in [1.82, 2.24) is 15.2 Å². The van der Waals surface area contributed by atoms with E-state index in [1.165, 1.54) is 5.56 Å². The highest BCUT2D eigenvalue weighted by molar-refractivity contribution is 5.78. The first-order valence-corrected chi connectivity index (χ1v) is 6.72. The van der Waals surface area contributed by atoms with Crippen molar-refractivity contribution in [2.24, 2.45) is 0 Å². The molecule has 0 atom stereocenters. The van der Waals surface area contributed by atoms with Gasteiger partial charge in [-0.3, -0.25) is 9.78 Å². The number of likely N-dealkylation sites (tertiary alicyclic amines) is 1. The summed E-state index contributed by atoms with van der Waals surface area (Å²) in [4.78, 5) is 18.1. The summed E-state index contributed by atoms with van der Waals surface area (Å²) in [5.74, 6) is 0.210. The third kappa shape index (κ3) is 3.29. The van der Waals surface area contributed by atoms with Crippen molar-refractivity contribution in [3.05, 3.63) is 29.6 Å². The minimum absolute atomic E-state index is 0.210. The number of carbonyl (C=O) groups is 1. The molecular formula is C14H21N3O. The van der Waals surface area contributed by atoms with Crippen LogP contribution in [0.15, 0.2) is 18.3 Å². The Morgan fingerprint density at radius 1 is 1.44 bits per heavy atom. The first-order chi connectivity index (χ1) is 8.81. The number of rotatable bonds is 5. The monoisotopic (exact) mass is 247 g/mol. The summed E-state index contributed by atoms with van der Waals surface area (Å²) in [6.45, 7) is 5.05. The Morgan fingerprint density at radius 2 is 2.22 bits per heavy atom. The molecule has 1 aliphatic heterocycles. The maximum atomic E-state index is 11.8. The first-order valence-electron chi connectivity index (χ1n) is 6.72. The van der Waals surface area contributed by atoms with Gasteiger partial charge < -0.3 is 10.2 Å². The van der Waals surface area contributed by atoms with Crippen molar-refractivity contribution in [3.8, 4) is 0 Å². The number of hydrogen-bond acceptors (Lipinski definition) is 3. The zero-order chi connectivity index (χ0) is 12.8. The number of hydrogen-bond donors (Lipinski definition) is 1. The number of pyridine rings is 1. The van der Waals surface area contributed by atoms with Crippen molar-refractivity contribution in [1.29, 1.82) is 0 Å². The van der Waals surface area contributed by atoms with Gasteiger partial charge in [-0.2, -0.15) is 0 Å². The van der Waals surface area contributed by atoms with Crippen LogP contribution >= 0.6 is 0 Å². The molecule has 0 saturated carbocycles. The quantitative estimate of drug-likeness (QED) is 0.854. The predicted octanol–water partition coefficient (Wildman–Crippen LogP) is 1.36. The summed E-state index contributed by atoms with van der Waals surface area (Å²) in [7, 11) is 0. The van der Waals surface area contributed by atoms with E-state index in [9.17, 15) is 4.79 Å². The molecule has 1 fully saturated rings. The van der Waals surface area contributed by atoms with Gasteiger partial charge in [0.1, 0.15) is 0 Å². The van der Waals surface area contributed by atoms with Crippen LogP contribution in [0.1, 0.15) is 31.0 Å². The van der Waals surface area contributed by atoms with Gasteiger partial charge in [-0.15, -0.1) is 0 Å². The number of carbonyl (C=O) groups excluding carboxylic acids is 1. The molecule has 0 radical (unpaired) electrons. The lowest BCUT2D eigenvalue weighted by atomic mass is 10.1. The van der Waals surface area contributed by atoms with E-state index in [-0.39, 0.29) is 5.91 Å². The minimum Gasteiger partial charge on any atom is -0.342 e. The van der Waals surface area contributed by atoms with E-state index in [2.05, 4.69) is 23.3 Å². The molecule has 0 aliphatic carbocycles. The Labute approximate surface area is 108 Å². The second-order valence-electron chi connectivity index (χ2n) is 4.65. The van der Waals surface area contributed by atoms with E-state index in [1.54, 1.807) is 6.20 Å². The number of aryl methyl sites for hydroxylation is 1. The number of nitrogens with zero attached hydrogens (tertiary/aromatic N) is 2. The van der Waals surface area contributed by atoms with Gasteiger partial charge in [0, 0.05) is 25.8 Å². The SMILES string of the molecule is CCc1cccnc1CNCC(=O)N1CCCC1. The first kappa shape index (κ1) is 13.0. The average molecular weight is 247 g/mol. The predicted molar refractivity (Wildman–Crippen MR) is 71.1 cm³/mol. The molecular weight excluding hydrogens is 226 g/mol. The topological polar surface area (TPSA) is 45.2 Å². The molecule has 2 rings (SSSR count). The fraction of sp³-hybridized carbons (Fsp3) is 0.571. The number of nitrogens with one attached hydrogen (secondary N) is 1. The highest BCUT2D eigenvalue weighted by atomic mass is 16.2. The smallest absolute Gasteiger partial charge is 0.236 e. The van der Waals surface area contributed by atoms with Gasteiger partial charge in [0.2, 0.25) is 5.91 Å². The molecule has 0 unspecified atom stereocenters. The van der Waals surface area contributed by atoms with E-state index < -0.39 is 0 Å². The van der Waals surface area contributed by atoms with Crippen LogP contribution in [0, 0.1) is 0 Å². The van der Waals surface area contributed by atoms with Crippen LogP contribution in [0.2, 0.25) is 0 Å². The van der Waals surface area contributed by atoms with Crippen molar-refractivity contribution in [3.63, 3.8) is 0 Å². The molecule has 0 aromatic carbocycles. The molecule has 1 saturated heterocycles. The maximum Gasteiger partial charge on any atom is 0.236 e. The molecule has 1 aliphatic rings. The van der Waals surface area contributed by atoms with Crippen molar-refractivity contribution >= 4 is 5.91 Å². The fourth-order valence-electron chi connectivity index (χ4n) is 2.32. The van der Waals surface area contributed by atoms with E-state index >= 15 is 0 Å². The average Bonchev–Trinajstić information content (AvgIpc) is 2.93. The Kier molecular flexibility index (Phi) is 4.70. The van der Waals surface area contributed by atoms with E-state index in [4.69, 9.17) is 0 Å². The van der Waals surface area contributed by atoms with Gasteiger partial charge in [-0.1, -0.05) is 13.0 Å². The van der Waals surface area contributed by atoms with Crippen LogP contribution in [0.25, 0.3) is 0 Å². The van der Waals surface area contributed by atoms with Crippen LogP contribution in [-0.4, -0.2) is 35.4 Å². The van der Waals surface area contributed by atoms with Crippen LogP contribution in [-0.2, 0) is 17.8 Å². The lowest BCUT2D eigenvalue weighted by molar-refractivity contribution is -0.129. The summed E-state index contributed by atoms with van der Waals surface area (Å²) in [5, 5.41) is 3.20. The summed E-state index contributed by atoms with van der Waals surface area (Å²) in [6, 6.07) is 4.05. The van der Waals surface area contributed by atoms with Gasteiger partial charge in [-0.05, 0) is 30.9 Å². The van der Waals surface area contributed by atoms with Gasteiger partial charge in [0.05, 0.1) is 12.2 Å². The van der Waals surface area contributed by atoms with E-state index in [0.717, 1.165) is 38.0 Å². The lowest BCUT2D eigenvalue weighted by Crippen LogP contribution is -2.36. The Hall–Kier alpha value is -1.42. The Balaban J connectivity index is 1.79. The molecule has 0 bridgehead atoms. The van der Waals surface area contributed by atoms with Crippen molar-refractivity contribution < 1.29 is 4.79 Å². The zero-order valence-corrected chi connectivity index (χ0v) is 11.0. The molecule has 1 N–H and O–H groups in total. The van der Waals surface area contributed by atoms with Crippen LogP contribution < -0.4 is 5.32 Å². The molecule has 18 heavy (non-hydrogen) atoms. The summed E-state index contributed by atoms with van der Waals surface area (Å²) in [6.07, 6.45) is 5.07. The fourth-order valence-corrected chi connectivity index (χ4v) is 2.32. The lowest BCUT2D eigenvalue weighted by Gasteiger charge is -2.15. The standard InChI is InChI=1S/C14H21N3O/c1-2-12-6-5-7-16-13(12)10-15-11-14(18)17-8-3-4-9-17/h5-7,15H,2-4,8-11H2,1H3. The van der Waals surface area contributed by atoms with Crippen molar-refractivity contribution in [2.45, 2.75) is 32.7 Å². The van der Waals surface area contributed by atoms with Gasteiger partial charge in [0.25, 0.3) is 0 Å². The molecule has 2 heterocycles. The highest BCUT2D eigenvalue weighted by Crippen LogP contribution is 2.08. The van der Waals surface area contributed by atoms with Crippen molar-refractivity contribution in [2.75, 3.05) is 19.6 Å². The van der Waals surface area contributed by atoms with Crippen LogP contribution in [0.5, 0.6) is 0 Å². The molecule has 1 amide bonds. The highest BCUT2D eigenvalue weighted by Gasteiger charge is 2.17. The molecule has 98 valence electrons. The molecule has 1 aromatic heterocycles. The summed E-state index contributed by atoms with van der Waals surface area (Å²) >= 11 is 0. The van der Waals surface area contributed by atoms with Crippen LogP contribution in [0.3, 0.4) is 0 Å². The molecule has 4 nitrogen and oxygen atoms in total. The summed E-state index contributed by atoms with van der Waals surface area (Å²) in [5.41, 5.74) is 2.30. The third-order valence-corrected chi connectivity index (χ3v) is 3.39. The van der Waals surface area contributed by atoms with Gasteiger partial charge in [-0.25, -0.2) is 0 Å². The summed E-state index contributed by atoms with van der Waals surface area (Å²) < 4.78 is 0. The normalized spacial score (nSPS) is 15.1. The molecule has 0 spiro atoms. The Bertz CT molecular complexity index is 400. The third-order valence-electron chi connectivity index (χ3n) is 3.39. The van der Waals surface area contributed by atoms with E-state index in [0.29, 0.717) is 13.1 Å². The largest absolute Gasteiger partial charge is 0.342 e. The molecule has 4 heteroatoms. The Morgan fingerprint density at radius 3 is 2.94 bits per heavy atom. The number of aromatic nitrogens is 1. The zero-order valence-electron chi connectivity index (χ0n) is 11.0.